The molecule has 0 bridgehead atoms. The molecule has 1 fully saturated rings. The average Bonchev–Trinajstić information content (AvgIpc) is 2.79. The molecule has 1 aromatic rings. The first-order valence-corrected chi connectivity index (χ1v) is 9.80. The van der Waals surface area contributed by atoms with Crippen molar-refractivity contribution >= 4 is 50.5 Å². The quantitative estimate of drug-likeness (QED) is 0.833. The van der Waals surface area contributed by atoms with Gasteiger partial charge >= 0.3 is 0 Å². The van der Waals surface area contributed by atoms with Crippen LogP contribution < -0.4 is 5.32 Å². The standard InChI is InChI=1S/C12H17Cl2N3O3S2/c1-2-15-11(18)8-16-3-5-17(6-4-16)22(19,20)9-7-10(13)21-12(9)14/h7H,2-6,8H2,1H3,(H,15,18). The summed E-state index contributed by atoms with van der Waals surface area (Å²) in [6.45, 7) is 4.39. The van der Waals surface area contributed by atoms with E-state index in [2.05, 4.69) is 5.32 Å². The molecule has 2 rings (SSSR count). The van der Waals surface area contributed by atoms with Gasteiger partial charge in [-0.1, -0.05) is 23.2 Å². The van der Waals surface area contributed by atoms with Gasteiger partial charge in [0, 0.05) is 32.7 Å². The molecule has 0 aromatic carbocycles. The van der Waals surface area contributed by atoms with E-state index < -0.39 is 10.0 Å². The Hall–Kier alpha value is -0.380. The van der Waals surface area contributed by atoms with Crippen molar-refractivity contribution in [3.05, 3.63) is 14.7 Å². The second-order valence-corrected chi connectivity index (χ2v) is 9.01. The Kier molecular flexibility index (Phi) is 6.09. The van der Waals surface area contributed by atoms with E-state index >= 15 is 0 Å². The van der Waals surface area contributed by atoms with Gasteiger partial charge in [-0.2, -0.15) is 4.31 Å². The fourth-order valence-corrected chi connectivity index (χ4v) is 5.76. The van der Waals surface area contributed by atoms with Crippen molar-refractivity contribution in [1.29, 1.82) is 0 Å². The first kappa shape index (κ1) is 18.0. The van der Waals surface area contributed by atoms with Crippen LogP contribution >= 0.6 is 34.5 Å². The second kappa shape index (κ2) is 7.46. The van der Waals surface area contributed by atoms with Crippen LogP contribution in [0.1, 0.15) is 6.92 Å². The molecule has 1 aliphatic heterocycles. The van der Waals surface area contributed by atoms with Crippen molar-refractivity contribution in [3.63, 3.8) is 0 Å². The molecular weight excluding hydrogens is 369 g/mol. The summed E-state index contributed by atoms with van der Waals surface area (Å²) in [5, 5.41) is 2.73. The number of nitrogens with one attached hydrogen (secondary N) is 1. The molecule has 10 heteroatoms. The molecule has 1 amide bonds. The normalized spacial score (nSPS) is 17.6. The smallest absolute Gasteiger partial charge is 0.245 e. The van der Waals surface area contributed by atoms with Gasteiger partial charge in [-0.25, -0.2) is 8.42 Å². The van der Waals surface area contributed by atoms with E-state index in [1.54, 1.807) is 0 Å². The molecule has 0 radical (unpaired) electrons. The number of carbonyl (C=O) groups excluding carboxylic acids is 1. The Morgan fingerprint density at radius 1 is 1.32 bits per heavy atom. The maximum absolute atomic E-state index is 12.5. The molecule has 1 saturated heterocycles. The van der Waals surface area contributed by atoms with Gasteiger partial charge < -0.3 is 5.32 Å². The highest BCUT2D eigenvalue weighted by Crippen LogP contribution is 2.35. The van der Waals surface area contributed by atoms with E-state index in [0.717, 1.165) is 11.3 Å². The topological polar surface area (TPSA) is 69.7 Å². The van der Waals surface area contributed by atoms with Gasteiger partial charge in [0.1, 0.15) is 9.23 Å². The van der Waals surface area contributed by atoms with Gasteiger partial charge in [-0.3, -0.25) is 9.69 Å². The van der Waals surface area contributed by atoms with Crippen LogP contribution in [-0.4, -0.2) is 62.8 Å². The predicted molar refractivity (Wildman–Crippen MR) is 88.2 cm³/mol. The summed E-state index contributed by atoms with van der Waals surface area (Å²) in [7, 11) is -3.63. The summed E-state index contributed by atoms with van der Waals surface area (Å²) in [5.41, 5.74) is 0. The van der Waals surface area contributed by atoms with Crippen LogP contribution in [-0.2, 0) is 14.8 Å². The largest absolute Gasteiger partial charge is 0.355 e. The van der Waals surface area contributed by atoms with Crippen molar-refractivity contribution in [2.24, 2.45) is 0 Å². The van der Waals surface area contributed by atoms with E-state index in [0.29, 0.717) is 37.1 Å². The van der Waals surface area contributed by atoms with Crippen molar-refractivity contribution in [3.8, 4) is 0 Å². The summed E-state index contributed by atoms with van der Waals surface area (Å²) in [6.07, 6.45) is 0. The summed E-state index contributed by atoms with van der Waals surface area (Å²) >= 11 is 12.8. The lowest BCUT2D eigenvalue weighted by atomic mass is 10.3. The molecule has 2 heterocycles. The lowest BCUT2D eigenvalue weighted by Gasteiger charge is -2.33. The van der Waals surface area contributed by atoms with Crippen LogP contribution in [0.25, 0.3) is 0 Å². The fourth-order valence-electron chi connectivity index (χ4n) is 2.22. The van der Waals surface area contributed by atoms with E-state index in [-0.39, 0.29) is 21.7 Å². The summed E-state index contributed by atoms with van der Waals surface area (Å²) < 4.78 is 27.0. The number of sulfonamides is 1. The van der Waals surface area contributed by atoms with Crippen molar-refractivity contribution in [2.45, 2.75) is 11.8 Å². The van der Waals surface area contributed by atoms with E-state index in [4.69, 9.17) is 23.2 Å². The molecule has 0 aliphatic carbocycles. The highest BCUT2D eigenvalue weighted by atomic mass is 35.5. The summed E-state index contributed by atoms with van der Waals surface area (Å²) in [5.74, 6) is -0.0496. The molecule has 0 atom stereocenters. The Labute approximate surface area is 144 Å². The lowest BCUT2D eigenvalue weighted by Crippen LogP contribution is -2.51. The number of nitrogens with zero attached hydrogens (tertiary/aromatic N) is 2. The van der Waals surface area contributed by atoms with Crippen LogP contribution in [0.2, 0.25) is 8.67 Å². The number of hydrogen-bond acceptors (Lipinski definition) is 5. The number of thiophene rings is 1. The summed E-state index contributed by atoms with van der Waals surface area (Å²) in [6, 6.07) is 1.38. The van der Waals surface area contributed by atoms with Crippen molar-refractivity contribution in [1.82, 2.24) is 14.5 Å². The minimum absolute atomic E-state index is 0.0496. The van der Waals surface area contributed by atoms with E-state index in [1.165, 1.54) is 10.4 Å². The van der Waals surface area contributed by atoms with Gasteiger partial charge in [0.2, 0.25) is 15.9 Å². The molecular formula is C12H17Cl2N3O3S2. The number of amides is 1. The average molecular weight is 386 g/mol. The second-order valence-electron chi connectivity index (χ2n) is 4.82. The van der Waals surface area contributed by atoms with Crippen molar-refractivity contribution < 1.29 is 13.2 Å². The molecule has 22 heavy (non-hydrogen) atoms. The summed E-state index contributed by atoms with van der Waals surface area (Å²) in [4.78, 5) is 13.5. The number of carbonyl (C=O) groups is 1. The first-order valence-electron chi connectivity index (χ1n) is 6.78. The SMILES string of the molecule is CCNC(=O)CN1CCN(S(=O)(=O)c2cc(Cl)sc2Cl)CC1. The van der Waals surface area contributed by atoms with E-state index in [1.807, 2.05) is 11.8 Å². The third-order valence-corrected chi connectivity index (χ3v) is 6.97. The maximum Gasteiger partial charge on any atom is 0.245 e. The zero-order valence-electron chi connectivity index (χ0n) is 12.0. The maximum atomic E-state index is 12.5. The van der Waals surface area contributed by atoms with Crippen LogP contribution in [0.5, 0.6) is 0 Å². The van der Waals surface area contributed by atoms with E-state index in [9.17, 15) is 13.2 Å². The lowest BCUT2D eigenvalue weighted by molar-refractivity contribution is -0.122. The Balaban J connectivity index is 1.99. The number of rotatable bonds is 5. The minimum Gasteiger partial charge on any atom is -0.355 e. The third kappa shape index (κ3) is 4.12. The number of hydrogen-bond donors (Lipinski definition) is 1. The minimum atomic E-state index is -3.63. The number of halogens is 2. The predicted octanol–water partition coefficient (Wildman–Crippen LogP) is 1.50. The van der Waals surface area contributed by atoms with Gasteiger partial charge in [-0.05, 0) is 13.0 Å². The van der Waals surface area contributed by atoms with Crippen LogP contribution in [0.4, 0.5) is 0 Å². The fraction of sp³-hybridized carbons (Fsp3) is 0.583. The number of piperazine rings is 1. The van der Waals surface area contributed by atoms with Crippen LogP contribution in [0.15, 0.2) is 11.0 Å². The highest BCUT2D eigenvalue weighted by Gasteiger charge is 2.31. The molecule has 0 spiro atoms. The third-order valence-electron chi connectivity index (χ3n) is 3.32. The molecule has 1 N–H and O–H groups in total. The van der Waals surface area contributed by atoms with Crippen molar-refractivity contribution in [2.75, 3.05) is 39.3 Å². The zero-order valence-corrected chi connectivity index (χ0v) is 15.2. The van der Waals surface area contributed by atoms with Gasteiger partial charge in [0.15, 0.2) is 0 Å². The number of likely N-dealkylation sites (N-methyl/N-ethyl adjacent to an activating group) is 1. The van der Waals surface area contributed by atoms with Gasteiger partial charge in [0.05, 0.1) is 10.9 Å². The molecule has 0 unspecified atom stereocenters. The van der Waals surface area contributed by atoms with Gasteiger partial charge in [-0.15, -0.1) is 11.3 Å². The molecule has 124 valence electrons. The van der Waals surface area contributed by atoms with Crippen LogP contribution in [0, 0.1) is 0 Å². The Morgan fingerprint density at radius 2 is 1.95 bits per heavy atom. The van der Waals surface area contributed by atoms with Gasteiger partial charge in [0.25, 0.3) is 0 Å². The highest BCUT2D eigenvalue weighted by molar-refractivity contribution is 7.89. The molecule has 6 nitrogen and oxygen atoms in total. The molecule has 0 saturated carbocycles. The zero-order chi connectivity index (χ0) is 16.3. The Bertz CT molecular complexity index is 640. The van der Waals surface area contributed by atoms with Crippen LogP contribution in [0.3, 0.4) is 0 Å². The molecule has 1 aliphatic rings. The molecule has 1 aromatic heterocycles. The monoisotopic (exact) mass is 385 g/mol. The Morgan fingerprint density at radius 3 is 2.45 bits per heavy atom. The first-order chi connectivity index (χ1) is 10.3.